The highest BCUT2D eigenvalue weighted by atomic mass is 19.4. The van der Waals surface area contributed by atoms with Crippen LogP contribution in [0, 0.1) is 41.9 Å². The lowest BCUT2D eigenvalue weighted by Crippen LogP contribution is -2.28. The number of hydrogen-bond acceptors (Lipinski definition) is 0. The third-order valence-corrected chi connectivity index (χ3v) is 5.34. The van der Waals surface area contributed by atoms with Gasteiger partial charge in [-0.15, -0.1) is 0 Å². The minimum atomic E-state index is -4.06. The molecule has 0 radical (unpaired) electrons. The Bertz CT molecular complexity index is 1190. The first-order valence-corrected chi connectivity index (χ1v) is 23.8. The van der Waals surface area contributed by atoms with Crippen molar-refractivity contribution < 1.29 is 40.1 Å². The molecule has 1 aromatic rings. The molecule has 1 atom stereocenters. The van der Waals surface area contributed by atoms with Gasteiger partial charge in [-0.3, -0.25) is 0 Å². The van der Waals surface area contributed by atoms with E-state index in [-0.39, 0.29) is 5.89 Å². The Balaban J connectivity index is -0.0000000675. The fraction of sp³-hybridized carbons (Fsp3) is 0.895. The van der Waals surface area contributed by atoms with E-state index >= 15 is 0 Å². The summed E-state index contributed by atoms with van der Waals surface area (Å²) in [6.07, 6.45) is -1.45. The summed E-state index contributed by atoms with van der Waals surface area (Å²) >= 11 is 0. The van der Waals surface area contributed by atoms with Crippen LogP contribution >= 0.6 is 0 Å². The van der Waals surface area contributed by atoms with E-state index in [2.05, 4.69) is 104 Å². The molecule has 1 unspecified atom stereocenters. The lowest BCUT2D eigenvalue weighted by atomic mass is 9.90. The smallest absolute Gasteiger partial charge is 0.171 e. The van der Waals surface area contributed by atoms with Crippen LogP contribution in [-0.2, 0) is 0 Å². The highest BCUT2D eigenvalue weighted by Gasteiger charge is 2.42. The first kappa shape index (κ1) is 61.8. The molecule has 394 valence electrons. The molecule has 0 aliphatic carbocycles. The van der Waals surface area contributed by atoms with E-state index in [1.807, 2.05) is 33.8 Å². The minimum Gasteiger partial charge on any atom is -0.171 e. The van der Waals surface area contributed by atoms with E-state index in [0.717, 1.165) is 63.5 Å². The molecule has 1 aromatic carbocycles. The lowest BCUT2D eigenvalue weighted by Gasteiger charge is -2.21. The second kappa shape index (κ2) is 62.9. The van der Waals surface area contributed by atoms with Crippen LogP contribution in [0.3, 0.4) is 0 Å². The standard InChI is InChI=1S/C13H20.C5H9F3.C5H12.C4H7F3.6C4H10.2C3H8/c1-9(2)12-7-6-8-13(10(3)4)11(12)5;1-4(2,3)5(6,7)8;1-3-5-4-2;1-3(2)4(5,6)7;4*1-4(2)3;2*1-3-4-2;2*1-3-2/h6-10H,1-5H3;1-3H3;3-5H2,1-2H3;3H,1-2H3;4*4H,1-3H3;2*3-4H2,1-2H3;2*3H2,1-2H3/i1D3,9D,10D;;;;4D;;;;3D2;;3D2;. The first-order valence-electron chi connectivity index (χ1n) is 28.8. The predicted molar refractivity (Wildman–Crippen MR) is 286 cm³/mol. The molecule has 0 aromatic heterocycles. The molecule has 0 aliphatic rings. The van der Waals surface area contributed by atoms with Crippen molar-refractivity contribution in [3.8, 4) is 0 Å². The largest absolute Gasteiger partial charge is 0.393 e. The zero-order chi connectivity index (χ0) is 62.6. The fourth-order valence-electron chi connectivity index (χ4n) is 1.94. The molecule has 1 rings (SSSR count). The second-order valence-corrected chi connectivity index (χ2v) is 19.0. The Kier molecular flexibility index (Phi) is 61.7. The highest BCUT2D eigenvalue weighted by Crippen LogP contribution is 2.36. The van der Waals surface area contributed by atoms with Gasteiger partial charge in [0.05, 0.1) is 5.41 Å². The topological polar surface area (TPSA) is 0 Å². The third kappa shape index (κ3) is 133. The van der Waals surface area contributed by atoms with Crippen LogP contribution in [0.5, 0.6) is 0 Å². The van der Waals surface area contributed by atoms with Gasteiger partial charge in [-0.05, 0) is 59.0 Å². The number of alkyl halides is 6. The highest BCUT2D eigenvalue weighted by molar-refractivity contribution is 5.37. The van der Waals surface area contributed by atoms with Gasteiger partial charge in [-0.1, -0.05) is 290 Å². The van der Waals surface area contributed by atoms with E-state index in [9.17, 15) is 26.3 Å². The summed E-state index contributed by atoms with van der Waals surface area (Å²) in [6, 6.07) is 5.22. The minimum absolute atomic E-state index is 0.250. The Morgan fingerprint density at radius 3 is 0.825 bits per heavy atom. The van der Waals surface area contributed by atoms with Gasteiger partial charge < -0.3 is 0 Å². The summed E-state index contributed by atoms with van der Waals surface area (Å²) in [7, 11) is 0. The van der Waals surface area contributed by atoms with Crippen LogP contribution in [0.25, 0.3) is 0 Å². The SMILES string of the molecule is CC(C)(C)C(F)(F)F.CC(C)C.CC(C)C.CC(C)C.CC(C)C(F)(F)F.CCC.CCCC.CCCCC.[2H]C(C)(C)C.[2H]C(C)(C)c1cccc(C([2H])(C)C([2H])([2H])[2H])c1C.[2H]C([2H])(C)C.[2H]C([2H])(C)CC. The number of hydrogen-bond donors (Lipinski definition) is 0. The molecule has 0 amide bonds. The molecule has 0 saturated carbocycles. The molecule has 6 heteroatoms. The summed E-state index contributed by atoms with van der Waals surface area (Å²) in [5.41, 5.74) is 0.404. The molecule has 0 saturated heterocycles. The quantitative estimate of drug-likeness (QED) is 0.249. The lowest BCUT2D eigenvalue weighted by molar-refractivity contribution is -0.204. The molecular formula is C57H124F6. The summed E-state index contributed by atoms with van der Waals surface area (Å²) in [4.78, 5) is 0. The van der Waals surface area contributed by atoms with Gasteiger partial charge in [-0.2, -0.15) is 26.3 Å². The molecule has 0 heterocycles. The van der Waals surface area contributed by atoms with Gasteiger partial charge in [-0.25, -0.2) is 0 Å². The van der Waals surface area contributed by atoms with Crippen molar-refractivity contribution in [1.82, 2.24) is 0 Å². The van der Waals surface area contributed by atoms with Crippen molar-refractivity contribution in [2.45, 2.75) is 303 Å². The van der Waals surface area contributed by atoms with Crippen LogP contribution in [0.1, 0.15) is 314 Å². The average molecular weight is 934 g/mol. The molecule has 63 heavy (non-hydrogen) atoms. The fourth-order valence-corrected chi connectivity index (χ4v) is 1.94. The zero-order valence-electron chi connectivity index (χ0n) is 58.3. The molecule has 0 aliphatic heterocycles. The summed E-state index contributed by atoms with van der Waals surface area (Å²) in [5.74, 6) is -1.41. The number of rotatable bonds is 6. The van der Waals surface area contributed by atoms with Crippen molar-refractivity contribution >= 4 is 0 Å². The molecule has 0 fully saturated rings. The van der Waals surface area contributed by atoms with Gasteiger partial charge in [0.2, 0.25) is 0 Å². The maximum atomic E-state index is 11.6. The Hall–Kier alpha value is -1.20. The molecular weight excluding hydrogens is 799 g/mol. The van der Waals surface area contributed by atoms with Gasteiger partial charge in [0.1, 0.15) is 0 Å². The molecule has 0 bridgehead atoms. The maximum absolute atomic E-state index is 11.6. The van der Waals surface area contributed by atoms with Crippen LogP contribution in [-0.4, -0.2) is 12.4 Å². The van der Waals surface area contributed by atoms with E-state index in [1.165, 1.54) is 59.3 Å². The number of halogens is 6. The molecule has 0 spiro atoms. The van der Waals surface area contributed by atoms with E-state index in [0.29, 0.717) is 12.0 Å². The summed E-state index contributed by atoms with van der Waals surface area (Å²) in [6.45, 7) is 54.6. The van der Waals surface area contributed by atoms with E-state index in [1.54, 1.807) is 39.8 Å². The summed E-state index contributed by atoms with van der Waals surface area (Å²) < 4.78 is 141. The van der Waals surface area contributed by atoms with Crippen LogP contribution in [0.4, 0.5) is 26.3 Å². The van der Waals surface area contributed by atoms with Crippen LogP contribution in [0.2, 0.25) is 0 Å². The normalized spacial score (nSPS) is 14.3. The second-order valence-electron chi connectivity index (χ2n) is 19.0. The van der Waals surface area contributed by atoms with E-state index < -0.39 is 55.1 Å². The van der Waals surface area contributed by atoms with Crippen molar-refractivity contribution in [2.75, 3.05) is 0 Å². The van der Waals surface area contributed by atoms with Gasteiger partial charge in [0.15, 0.2) is 0 Å². The maximum Gasteiger partial charge on any atom is 0.393 e. The third-order valence-electron chi connectivity index (χ3n) is 5.34. The Morgan fingerprint density at radius 1 is 0.524 bits per heavy atom. The van der Waals surface area contributed by atoms with E-state index in [4.69, 9.17) is 13.7 Å². The monoisotopic (exact) mass is 933 g/mol. The average Bonchev–Trinajstić information content (AvgIpc) is 3.09. The zero-order valence-corrected chi connectivity index (χ0v) is 48.3. The summed E-state index contributed by atoms with van der Waals surface area (Å²) in [5, 5.41) is 0. The van der Waals surface area contributed by atoms with Crippen LogP contribution < -0.4 is 0 Å². The van der Waals surface area contributed by atoms with Gasteiger partial charge >= 0.3 is 12.4 Å². The first-order chi connectivity index (χ1) is 31.6. The van der Waals surface area contributed by atoms with Crippen molar-refractivity contribution in [2.24, 2.45) is 35.0 Å². The van der Waals surface area contributed by atoms with Crippen LogP contribution in [0.15, 0.2) is 18.2 Å². The van der Waals surface area contributed by atoms with Crippen molar-refractivity contribution in [3.05, 3.63) is 34.9 Å². The Morgan fingerprint density at radius 2 is 0.730 bits per heavy atom. The number of unbranched alkanes of at least 4 members (excludes halogenated alkanes) is 3. The predicted octanol–water partition coefficient (Wildman–Crippen LogP) is 24.3. The molecule has 0 N–H and O–H groups in total. The van der Waals surface area contributed by atoms with Gasteiger partial charge in [0, 0.05) is 19.6 Å². The molecule has 0 nitrogen and oxygen atoms in total. The Labute approximate surface area is 412 Å². The van der Waals surface area contributed by atoms with Crippen molar-refractivity contribution in [1.29, 1.82) is 0 Å². The van der Waals surface area contributed by atoms with Crippen molar-refractivity contribution in [3.63, 3.8) is 0 Å². The number of benzene rings is 1. The van der Waals surface area contributed by atoms with Gasteiger partial charge in [0.25, 0.3) is 0 Å².